The summed E-state index contributed by atoms with van der Waals surface area (Å²) in [4.78, 5) is 0. The molecule has 0 bridgehead atoms. The molecule has 0 heterocycles. The number of benzene rings is 1. The van der Waals surface area contributed by atoms with Crippen LogP contribution in [0, 0.1) is 11.3 Å². The first-order valence-electron chi connectivity index (χ1n) is 9.09. The first-order chi connectivity index (χ1) is 12.2. The highest BCUT2D eigenvalue weighted by Crippen LogP contribution is 2.19. The van der Waals surface area contributed by atoms with Gasteiger partial charge in [0, 0.05) is 12.0 Å². The lowest BCUT2D eigenvalue weighted by Crippen LogP contribution is -1.89. The highest BCUT2D eigenvalue weighted by Gasteiger charge is 2.00. The van der Waals surface area contributed by atoms with Gasteiger partial charge in [-0.15, -0.1) is 0 Å². The molecule has 0 unspecified atom stereocenters. The smallest absolute Gasteiger partial charge is 0.0253 e. The van der Waals surface area contributed by atoms with E-state index in [1.54, 1.807) is 0 Å². The van der Waals surface area contributed by atoms with Gasteiger partial charge in [-0.3, -0.25) is 0 Å². The summed E-state index contributed by atoms with van der Waals surface area (Å²) >= 11 is 4.05. The molecule has 0 saturated heterocycles. The summed E-state index contributed by atoms with van der Waals surface area (Å²) in [6, 6.07) is 10.1. The molecular weight excluding hydrogens is 322 g/mol. The Hall–Kier alpha value is -1.80. The topological polar surface area (TPSA) is 23.9 Å². The average molecular weight is 354 g/mol. The molecule has 0 aliphatic heterocycles. The zero-order valence-corrected chi connectivity index (χ0v) is 16.4. The lowest BCUT2D eigenvalue weighted by Gasteiger charge is -2.07. The maximum Gasteiger partial charge on any atom is 0.0253 e. The van der Waals surface area contributed by atoms with E-state index in [2.05, 4.69) is 62.9 Å². The Bertz CT molecular complexity index is 608. The van der Waals surface area contributed by atoms with Gasteiger partial charge in [0.25, 0.3) is 0 Å². The molecule has 1 aliphatic carbocycles. The summed E-state index contributed by atoms with van der Waals surface area (Å²) in [6.07, 6.45) is 18.9. The van der Waals surface area contributed by atoms with E-state index in [-0.39, 0.29) is 0 Å². The van der Waals surface area contributed by atoms with Crippen LogP contribution in [0.4, 0.5) is 0 Å². The van der Waals surface area contributed by atoms with Gasteiger partial charge in [-0.05, 0) is 36.3 Å². The molecule has 0 fully saturated rings. The van der Waals surface area contributed by atoms with Gasteiger partial charge in [0.05, 0.1) is 0 Å². The largest absolute Gasteiger partial charge is 0.308 e. The Morgan fingerprint density at radius 1 is 1.28 bits per heavy atom. The van der Waals surface area contributed by atoms with Crippen molar-refractivity contribution in [1.82, 2.24) is 0 Å². The van der Waals surface area contributed by atoms with Crippen molar-refractivity contribution in [1.29, 1.82) is 5.41 Å². The summed E-state index contributed by atoms with van der Waals surface area (Å²) in [5.74, 6) is 1.59. The molecule has 1 aromatic carbocycles. The van der Waals surface area contributed by atoms with Gasteiger partial charge in [0.2, 0.25) is 0 Å². The molecule has 1 atom stereocenters. The van der Waals surface area contributed by atoms with Gasteiger partial charge < -0.3 is 5.41 Å². The third-order valence-corrected chi connectivity index (χ3v) is 4.37. The number of hydrogen-bond donors (Lipinski definition) is 2. The highest BCUT2D eigenvalue weighted by molar-refractivity contribution is 7.80. The molecule has 1 aromatic rings. The van der Waals surface area contributed by atoms with Crippen LogP contribution in [-0.2, 0) is 0 Å². The SMILES string of the molecule is CC[C@@H](C)C=CCS.N=C/C(=C\CC1=CC=CCC1)c1ccccc1. The summed E-state index contributed by atoms with van der Waals surface area (Å²) in [6.45, 7) is 4.40. The molecule has 2 heteroatoms. The molecule has 1 aliphatic rings. The van der Waals surface area contributed by atoms with Crippen LogP contribution < -0.4 is 0 Å². The molecule has 0 radical (unpaired) electrons. The first-order valence-corrected chi connectivity index (χ1v) is 9.72. The van der Waals surface area contributed by atoms with E-state index in [1.165, 1.54) is 18.2 Å². The number of thiol groups is 1. The maximum absolute atomic E-state index is 7.49. The Morgan fingerprint density at radius 3 is 2.60 bits per heavy atom. The van der Waals surface area contributed by atoms with E-state index in [9.17, 15) is 0 Å². The van der Waals surface area contributed by atoms with Crippen LogP contribution >= 0.6 is 12.6 Å². The van der Waals surface area contributed by atoms with Crippen LogP contribution in [0.25, 0.3) is 5.57 Å². The molecule has 0 spiro atoms. The fraction of sp³-hybridized carbons (Fsp3) is 0.348. The van der Waals surface area contributed by atoms with Crippen LogP contribution in [0.2, 0.25) is 0 Å². The van der Waals surface area contributed by atoms with Gasteiger partial charge in [0.15, 0.2) is 0 Å². The van der Waals surface area contributed by atoms with E-state index >= 15 is 0 Å². The van der Waals surface area contributed by atoms with Gasteiger partial charge in [-0.25, -0.2) is 0 Å². The van der Waals surface area contributed by atoms with Crippen molar-refractivity contribution in [3.63, 3.8) is 0 Å². The van der Waals surface area contributed by atoms with Crippen molar-refractivity contribution in [3.8, 4) is 0 Å². The van der Waals surface area contributed by atoms with Gasteiger partial charge in [0.1, 0.15) is 0 Å². The van der Waals surface area contributed by atoms with E-state index in [4.69, 9.17) is 5.41 Å². The summed E-state index contributed by atoms with van der Waals surface area (Å²) in [5, 5.41) is 7.49. The van der Waals surface area contributed by atoms with Crippen molar-refractivity contribution in [2.75, 3.05) is 5.75 Å². The fourth-order valence-electron chi connectivity index (χ4n) is 2.38. The van der Waals surface area contributed by atoms with Crippen molar-refractivity contribution in [2.24, 2.45) is 5.92 Å². The van der Waals surface area contributed by atoms with Gasteiger partial charge in [-0.2, -0.15) is 12.6 Å². The second-order valence-electron chi connectivity index (χ2n) is 6.16. The van der Waals surface area contributed by atoms with Gasteiger partial charge >= 0.3 is 0 Å². The van der Waals surface area contributed by atoms with E-state index in [0.717, 1.165) is 42.1 Å². The molecule has 0 aromatic heterocycles. The molecule has 134 valence electrons. The van der Waals surface area contributed by atoms with Crippen LogP contribution in [0.3, 0.4) is 0 Å². The molecular formula is C23H31NS. The minimum Gasteiger partial charge on any atom is -0.308 e. The van der Waals surface area contributed by atoms with Crippen LogP contribution in [0.5, 0.6) is 0 Å². The molecule has 25 heavy (non-hydrogen) atoms. The Morgan fingerprint density at radius 2 is 2.04 bits per heavy atom. The standard InChI is InChI=1S/C16H17N.C7H14S/c17-13-16(15-9-5-2-6-10-15)12-11-14-7-3-1-4-8-14;1-3-7(2)5-4-6-8/h1-3,5-7,9-10,12-13,17H,4,8,11H2;4-5,7-8H,3,6H2,1-2H3/b16-12+,17-13?;/t;7-/m.1/s1. The predicted molar refractivity (Wildman–Crippen MR) is 117 cm³/mol. The molecule has 0 saturated carbocycles. The number of hydrogen-bond acceptors (Lipinski definition) is 2. The summed E-state index contributed by atoms with van der Waals surface area (Å²) in [5.41, 5.74) is 3.57. The third-order valence-electron chi connectivity index (χ3n) is 4.16. The Kier molecular flexibility index (Phi) is 11.5. The Labute approximate surface area is 159 Å². The zero-order chi connectivity index (χ0) is 18.3. The van der Waals surface area contributed by atoms with Crippen molar-refractivity contribution < 1.29 is 0 Å². The van der Waals surface area contributed by atoms with E-state index < -0.39 is 0 Å². The fourth-order valence-corrected chi connectivity index (χ4v) is 2.51. The average Bonchev–Trinajstić information content (AvgIpc) is 2.68. The molecule has 0 amide bonds. The second kappa shape index (κ2) is 13.5. The summed E-state index contributed by atoms with van der Waals surface area (Å²) < 4.78 is 0. The molecule has 1 N–H and O–H groups in total. The lowest BCUT2D eigenvalue weighted by molar-refractivity contribution is 0.697. The monoisotopic (exact) mass is 353 g/mol. The normalized spacial score (nSPS) is 15.3. The van der Waals surface area contributed by atoms with Gasteiger partial charge in [-0.1, -0.05) is 92.6 Å². The Balaban J connectivity index is 0.000000333. The second-order valence-corrected chi connectivity index (χ2v) is 6.53. The number of nitrogens with one attached hydrogen (secondary N) is 1. The minimum atomic E-state index is 0.724. The van der Waals surface area contributed by atoms with E-state index in [1.807, 2.05) is 30.3 Å². The van der Waals surface area contributed by atoms with E-state index in [0.29, 0.717) is 0 Å². The van der Waals surface area contributed by atoms with Crippen molar-refractivity contribution in [3.05, 3.63) is 77.9 Å². The highest BCUT2D eigenvalue weighted by atomic mass is 32.1. The van der Waals surface area contributed by atoms with Crippen LogP contribution in [-0.4, -0.2) is 12.0 Å². The van der Waals surface area contributed by atoms with Crippen LogP contribution in [0.1, 0.15) is 45.1 Å². The minimum absolute atomic E-state index is 0.724. The summed E-state index contributed by atoms with van der Waals surface area (Å²) in [7, 11) is 0. The number of rotatable bonds is 7. The van der Waals surface area contributed by atoms with Crippen LogP contribution in [0.15, 0.2) is 72.4 Å². The predicted octanol–water partition coefficient (Wildman–Crippen LogP) is 6.90. The molecule has 1 nitrogen and oxygen atoms in total. The lowest BCUT2D eigenvalue weighted by atomic mass is 9.99. The third kappa shape index (κ3) is 9.31. The quantitative estimate of drug-likeness (QED) is 0.302. The zero-order valence-electron chi connectivity index (χ0n) is 15.5. The maximum atomic E-state index is 7.49. The number of allylic oxidation sites excluding steroid dienone is 7. The molecule has 2 rings (SSSR count). The van der Waals surface area contributed by atoms with Crippen molar-refractivity contribution >= 4 is 24.4 Å². The van der Waals surface area contributed by atoms with Crippen molar-refractivity contribution in [2.45, 2.75) is 39.5 Å². The first kappa shape index (κ1) is 21.2.